The fourth-order valence-corrected chi connectivity index (χ4v) is 3.50. The second kappa shape index (κ2) is 8.46. The van der Waals surface area contributed by atoms with E-state index in [1.807, 2.05) is 0 Å². The van der Waals surface area contributed by atoms with Crippen LogP contribution < -0.4 is 10.6 Å². The van der Waals surface area contributed by atoms with Crippen molar-refractivity contribution in [2.24, 2.45) is 0 Å². The number of aliphatic hydroxyl groups excluding tert-OH is 1. The van der Waals surface area contributed by atoms with Gasteiger partial charge in [-0.25, -0.2) is 0 Å². The molecule has 24 heavy (non-hydrogen) atoms. The molecule has 1 aromatic rings. The number of β-amino-alcohol motifs (C(OH)–C–C–N with tert-alkyl or cyclic N) is 1. The van der Waals surface area contributed by atoms with E-state index in [0.29, 0.717) is 0 Å². The number of para-hydroxylation sites is 1. The summed E-state index contributed by atoms with van der Waals surface area (Å²) in [4.78, 5) is 4.48. The van der Waals surface area contributed by atoms with Crippen molar-refractivity contribution in [2.75, 3.05) is 51.2 Å². The minimum Gasteiger partial charge on any atom is -0.395 e. The van der Waals surface area contributed by atoms with Crippen molar-refractivity contribution >= 4 is 28.6 Å². The second-order valence-electron chi connectivity index (χ2n) is 6.25. The average molecular weight is 347 g/mol. The predicted octanol–water partition coefficient (Wildman–Crippen LogP) is 1.72. The van der Waals surface area contributed by atoms with Gasteiger partial charge in [-0.2, -0.15) is 0 Å². The molecule has 0 amide bonds. The molecule has 0 radical (unpaired) electrons. The number of hydrogen-bond donors (Lipinski definition) is 3. The van der Waals surface area contributed by atoms with Crippen molar-refractivity contribution in [3.63, 3.8) is 0 Å². The van der Waals surface area contributed by atoms with Crippen LogP contribution in [0.5, 0.6) is 0 Å². The topological polar surface area (TPSA) is 50.8 Å². The predicted molar refractivity (Wildman–Crippen MR) is 103 cm³/mol. The fourth-order valence-electron chi connectivity index (χ4n) is 3.26. The van der Waals surface area contributed by atoms with E-state index in [0.717, 1.165) is 57.2 Å². The number of nitrogens with zero attached hydrogens (tertiary/aromatic N) is 2. The Balaban J connectivity index is 1.60. The Bertz CT molecular complexity index is 596. The summed E-state index contributed by atoms with van der Waals surface area (Å²) in [5, 5.41) is 16.6. The molecule has 2 aliphatic heterocycles. The zero-order valence-corrected chi connectivity index (χ0v) is 14.8. The minimum atomic E-state index is 0.224. The molecule has 0 aromatic heterocycles. The number of hydrogen-bond acceptors (Lipinski definition) is 4. The highest BCUT2D eigenvalue weighted by Crippen LogP contribution is 2.29. The number of rotatable bonds is 3. The van der Waals surface area contributed by atoms with E-state index in [-0.39, 0.29) is 6.61 Å². The molecule has 3 N–H and O–H groups in total. The maximum Gasteiger partial charge on any atom is 0.173 e. The monoisotopic (exact) mass is 346 g/mol. The summed E-state index contributed by atoms with van der Waals surface area (Å²) in [6.45, 7) is 5.70. The quantitative estimate of drug-likeness (QED) is 0.725. The molecule has 6 heteroatoms. The van der Waals surface area contributed by atoms with Crippen LogP contribution in [0.15, 0.2) is 30.5 Å². The molecule has 0 spiro atoms. The van der Waals surface area contributed by atoms with Gasteiger partial charge in [-0.1, -0.05) is 18.2 Å². The van der Waals surface area contributed by atoms with Crippen molar-refractivity contribution < 1.29 is 5.11 Å². The van der Waals surface area contributed by atoms with Crippen LogP contribution in [0.4, 0.5) is 5.69 Å². The molecule has 3 rings (SSSR count). The van der Waals surface area contributed by atoms with E-state index in [9.17, 15) is 0 Å². The van der Waals surface area contributed by atoms with Crippen molar-refractivity contribution in [1.82, 2.24) is 15.1 Å². The minimum absolute atomic E-state index is 0.224. The molecule has 130 valence electrons. The molecule has 0 atom stereocenters. The van der Waals surface area contributed by atoms with Crippen LogP contribution in [0.25, 0.3) is 5.57 Å². The number of allylic oxidation sites excluding steroid dienone is 1. The van der Waals surface area contributed by atoms with Crippen LogP contribution in [0.3, 0.4) is 0 Å². The third-order valence-electron chi connectivity index (χ3n) is 4.66. The lowest BCUT2D eigenvalue weighted by molar-refractivity contribution is 0.147. The summed E-state index contributed by atoms with van der Waals surface area (Å²) < 4.78 is 0. The Morgan fingerprint density at radius 1 is 1.25 bits per heavy atom. The lowest BCUT2D eigenvalue weighted by Gasteiger charge is -2.35. The summed E-state index contributed by atoms with van der Waals surface area (Å²) in [5.41, 5.74) is 3.77. The number of benzene rings is 1. The van der Waals surface area contributed by atoms with Crippen LogP contribution in [0.1, 0.15) is 18.4 Å². The largest absolute Gasteiger partial charge is 0.395 e. The number of piperazine rings is 1. The second-order valence-corrected chi connectivity index (χ2v) is 6.63. The summed E-state index contributed by atoms with van der Waals surface area (Å²) in [6, 6.07) is 8.45. The normalized spacial score (nSPS) is 20.2. The van der Waals surface area contributed by atoms with Crippen molar-refractivity contribution in [3.8, 4) is 0 Å². The highest BCUT2D eigenvalue weighted by atomic mass is 32.1. The Kier molecular flexibility index (Phi) is 6.07. The molecular formula is C18H26N4OS. The van der Waals surface area contributed by atoms with E-state index in [2.05, 4.69) is 50.9 Å². The third kappa shape index (κ3) is 4.26. The van der Waals surface area contributed by atoms with Gasteiger partial charge in [0.15, 0.2) is 5.11 Å². The van der Waals surface area contributed by atoms with E-state index >= 15 is 0 Å². The number of anilines is 1. The van der Waals surface area contributed by atoms with Gasteiger partial charge >= 0.3 is 0 Å². The maximum absolute atomic E-state index is 9.02. The Labute approximate surface area is 149 Å². The van der Waals surface area contributed by atoms with Crippen molar-refractivity contribution in [1.29, 1.82) is 0 Å². The summed E-state index contributed by atoms with van der Waals surface area (Å²) in [7, 11) is 0. The number of thiocarbonyl (C=S) groups is 1. The van der Waals surface area contributed by atoms with Gasteiger partial charge in [-0.05, 0) is 36.7 Å². The molecule has 0 bridgehead atoms. The first kappa shape index (κ1) is 17.2. The standard InChI is InChI=1S/C18H26N4OS/c23-13-12-21-8-10-22(11-9-21)18(24)20-14-15-4-3-7-19-17-6-2-1-5-16(15)17/h1-2,5-6,14,19,23H,3-4,7-13H2,(H,20,24)/b15-14-. The van der Waals surface area contributed by atoms with Crippen molar-refractivity contribution in [2.45, 2.75) is 12.8 Å². The van der Waals surface area contributed by atoms with E-state index in [1.54, 1.807) is 0 Å². The van der Waals surface area contributed by atoms with Gasteiger partial charge in [0, 0.05) is 56.7 Å². The van der Waals surface area contributed by atoms with Gasteiger partial charge in [0.1, 0.15) is 0 Å². The lowest BCUT2D eigenvalue weighted by Crippen LogP contribution is -2.51. The first-order valence-corrected chi connectivity index (χ1v) is 9.10. The molecule has 1 saturated heterocycles. The summed E-state index contributed by atoms with van der Waals surface area (Å²) in [6.07, 6.45) is 4.24. The van der Waals surface area contributed by atoms with Gasteiger partial charge < -0.3 is 20.6 Å². The Morgan fingerprint density at radius 3 is 2.83 bits per heavy atom. The van der Waals surface area contributed by atoms with Gasteiger partial charge in [0.2, 0.25) is 0 Å². The van der Waals surface area contributed by atoms with Crippen molar-refractivity contribution in [3.05, 3.63) is 36.0 Å². The Hall–Kier alpha value is -1.63. The highest BCUT2D eigenvalue weighted by molar-refractivity contribution is 7.80. The molecule has 1 aromatic carbocycles. The zero-order valence-electron chi connectivity index (χ0n) is 14.0. The Morgan fingerprint density at radius 2 is 2.04 bits per heavy atom. The lowest BCUT2D eigenvalue weighted by atomic mass is 10.0. The molecule has 5 nitrogen and oxygen atoms in total. The third-order valence-corrected chi connectivity index (χ3v) is 5.03. The molecule has 0 saturated carbocycles. The zero-order chi connectivity index (χ0) is 16.8. The van der Waals surface area contributed by atoms with Gasteiger partial charge in [0.25, 0.3) is 0 Å². The van der Waals surface area contributed by atoms with Gasteiger partial charge in [0.05, 0.1) is 6.61 Å². The highest BCUT2D eigenvalue weighted by Gasteiger charge is 2.18. The molecule has 2 aliphatic rings. The summed E-state index contributed by atoms with van der Waals surface area (Å²) >= 11 is 5.56. The SMILES string of the molecule is OCCN1CCN(C(=S)N/C=C2/CCCNc3ccccc32)CC1. The number of nitrogens with one attached hydrogen (secondary N) is 2. The molecule has 2 heterocycles. The fraction of sp³-hybridized carbons (Fsp3) is 0.500. The molecular weight excluding hydrogens is 320 g/mol. The number of fused-ring (bicyclic) bond motifs is 1. The van der Waals surface area contributed by atoms with Crippen LogP contribution in [-0.2, 0) is 0 Å². The van der Waals surface area contributed by atoms with Crippen LogP contribution in [-0.4, -0.2) is 65.9 Å². The van der Waals surface area contributed by atoms with E-state index < -0.39 is 0 Å². The average Bonchev–Trinajstić information content (AvgIpc) is 2.83. The first-order valence-electron chi connectivity index (χ1n) is 8.69. The van der Waals surface area contributed by atoms with Crippen LogP contribution >= 0.6 is 12.2 Å². The smallest absolute Gasteiger partial charge is 0.173 e. The maximum atomic E-state index is 9.02. The van der Waals surface area contributed by atoms with Crippen LogP contribution in [0, 0.1) is 0 Å². The van der Waals surface area contributed by atoms with E-state index in [1.165, 1.54) is 16.8 Å². The van der Waals surface area contributed by atoms with Crippen LogP contribution in [0.2, 0.25) is 0 Å². The molecule has 1 fully saturated rings. The summed E-state index contributed by atoms with van der Waals surface area (Å²) in [5.74, 6) is 0. The molecule has 0 unspecified atom stereocenters. The van der Waals surface area contributed by atoms with Gasteiger partial charge in [-0.3, -0.25) is 4.90 Å². The van der Waals surface area contributed by atoms with E-state index in [4.69, 9.17) is 17.3 Å². The first-order chi connectivity index (χ1) is 11.8. The molecule has 0 aliphatic carbocycles. The van der Waals surface area contributed by atoms with Gasteiger partial charge in [-0.15, -0.1) is 0 Å². The number of aliphatic hydroxyl groups is 1.